The van der Waals surface area contributed by atoms with Gasteiger partial charge in [-0.15, -0.1) is 11.3 Å². The van der Waals surface area contributed by atoms with Crippen LogP contribution in [0.2, 0.25) is 0 Å². The third-order valence-corrected chi connectivity index (χ3v) is 6.78. The van der Waals surface area contributed by atoms with E-state index in [1.807, 2.05) is 18.2 Å². The molecule has 0 atom stereocenters. The molecular formula is C17H20N2O4S3. The minimum Gasteiger partial charge on any atom is -0.481 e. The van der Waals surface area contributed by atoms with E-state index in [4.69, 9.17) is 17.3 Å². The maximum Gasteiger partial charge on any atom is 0.303 e. The molecule has 0 unspecified atom stereocenters. The van der Waals surface area contributed by atoms with Crippen LogP contribution in [0.25, 0.3) is 6.08 Å². The Bertz CT molecular complexity index is 738. The number of thiocarbonyl (C=S) groups is 1. The Morgan fingerprint density at radius 2 is 2.08 bits per heavy atom. The molecule has 140 valence electrons. The van der Waals surface area contributed by atoms with Crippen molar-refractivity contribution in [2.24, 2.45) is 0 Å². The molecule has 0 bridgehead atoms. The van der Waals surface area contributed by atoms with Crippen molar-refractivity contribution < 1.29 is 19.8 Å². The van der Waals surface area contributed by atoms with Gasteiger partial charge in [0, 0.05) is 30.9 Å². The van der Waals surface area contributed by atoms with Crippen molar-refractivity contribution >= 4 is 62.6 Å². The average Bonchev–Trinajstić information content (AvgIpc) is 3.15. The molecule has 0 radical (unpaired) electrons. The maximum atomic E-state index is 12.5. The SMILES string of the molecule is O=C(O)CCCN1C(=O)C(=Cc2ccc(N3CCC(O)CC3)s2)SC1=S. The van der Waals surface area contributed by atoms with E-state index in [1.165, 1.54) is 16.7 Å². The maximum absolute atomic E-state index is 12.5. The number of nitrogens with zero attached hydrogens (tertiary/aromatic N) is 2. The molecule has 26 heavy (non-hydrogen) atoms. The summed E-state index contributed by atoms with van der Waals surface area (Å²) in [6.07, 6.45) is 3.62. The van der Waals surface area contributed by atoms with E-state index < -0.39 is 5.97 Å². The van der Waals surface area contributed by atoms with Crippen LogP contribution in [-0.2, 0) is 9.59 Å². The lowest BCUT2D eigenvalue weighted by atomic mass is 10.1. The molecule has 0 aromatic carbocycles. The third-order valence-electron chi connectivity index (χ3n) is 4.31. The highest BCUT2D eigenvalue weighted by molar-refractivity contribution is 8.26. The lowest BCUT2D eigenvalue weighted by molar-refractivity contribution is -0.137. The number of aliphatic carboxylic acids is 1. The summed E-state index contributed by atoms with van der Waals surface area (Å²) in [6, 6.07) is 4.03. The number of thiophene rings is 1. The van der Waals surface area contributed by atoms with Gasteiger partial charge in [0.25, 0.3) is 5.91 Å². The summed E-state index contributed by atoms with van der Waals surface area (Å²) in [5.41, 5.74) is 0. The van der Waals surface area contributed by atoms with Gasteiger partial charge in [-0.3, -0.25) is 14.5 Å². The Kier molecular flexibility index (Phi) is 6.33. The van der Waals surface area contributed by atoms with E-state index in [0.717, 1.165) is 35.8 Å². The number of anilines is 1. The lowest BCUT2D eigenvalue weighted by Gasteiger charge is -2.30. The summed E-state index contributed by atoms with van der Waals surface area (Å²) in [5, 5.41) is 19.5. The van der Waals surface area contributed by atoms with Gasteiger partial charge >= 0.3 is 5.97 Å². The first-order chi connectivity index (χ1) is 12.4. The Hall–Kier alpha value is -1.42. The number of carbonyl (C=O) groups excluding carboxylic acids is 1. The molecular weight excluding hydrogens is 392 g/mol. The van der Waals surface area contributed by atoms with E-state index in [0.29, 0.717) is 22.2 Å². The second-order valence-electron chi connectivity index (χ2n) is 6.22. The number of thioether (sulfide) groups is 1. The summed E-state index contributed by atoms with van der Waals surface area (Å²) < 4.78 is 0.480. The Morgan fingerprint density at radius 3 is 2.77 bits per heavy atom. The van der Waals surface area contributed by atoms with Crippen LogP contribution < -0.4 is 4.90 Å². The number of rotatable bonds is 6. The van der Waals surface area contributed by atoms with Gasteiger partial charge in [0.05, 0.1) is 16.0 Å². The van der Waals surface area contributed by atoms with Crippen molar-refractivity contribution in [1.29, 1.82) is 0 Å². The highest BCUT2D eigenvalue weighted by Crippen LogP contribution is 2.36. The smallest absolute Gasteiger partial charge is 0.303 e. The summed E-state index contributed by atoms with van der Waals surface area (Å²) in [7, 11) is 0. The number of piperidine rings is 1. The number of aliphatic hydroxyl groups excluding tert-OH is 1. The molecule has 6 nitrogen and oxygen atoms in total. The lowest BCUT2D eigenvalue weighted by Crippen LogP contribution is -2.35. The molecule has 1 aromatic heterocycles. The van der Waals surface area contributed by atoms with E-state index in [9.17, 15) is 14.7 Å². The molecule has 2 aliphatic heterocycles. The fraction of sp³-hybridized carbons (Fsp3) is 0.471. The van der Waals surface area contributed by atoms with E-state index in [-0.39, 0.29) is 18.4 Å². The van der Waals surface area contributed by atoms with Crippen molar-refractivity contribution in [3.05, 3.63) is 21.9 Å². The standard InChI is InChI=1S/C17H20N2O4S3/c20-11-5-8-18(9-6-11)14-4-3-12(25-14)10-13-16(23)19(17(24)26-13)7-1-2-15(21)22/h3-4,10-11,20H,1-2,5-9H2,(H,21,22). The quantitative estimate of drug-likeness (QED) is 0.549. The average molecular weight is 413 g/mol. The van der Waals surface area contributed by atoms with Crippen molar-refractivity contribution in [3.8, 4) is 0 Å². The van der Waals surface area contributed by atoms with Crippen LogP contribution in [0.1, 0.15) is 30.6 Å². The topological polar surface area (TPSA) is 81.1 Å². The zero-order valence-electron chi connectivity index (χ0n) is 14.1. The van der Waals surface area contributed by atoms with Crippen molar-refractivity contribution in [1.82, 2.24) is 4.90 Å². The molecule has 2 fully saturated rings. The van der Waals surface area contributed by atoms with Gasteiger partial charge in [0.1, 0.15) is 4.32 Å². The number of carboxylic acids is 1. The largest absolute Gasteiger partial charge is 0.481 e. The molecule has 1 amide bonds. The van der Waals surface area contributed by atoms with Crippen LogP contribution >= 0.6 is 35.3 Å². The Morgan fingerprint density at radius 1 is 1.35 bits per heavy atom. The number of carbonyl (C=O) groups is 2. The number of hydrogen-bond acceptors (Lipinski definition) is 7. The molecule has 3 heterocycles. The van der Waals surface area contributed by atoms with E-state index >= 15 is 0 Å². The highest BCUT2D eigenvalue weighted by Gasteiger charge is 2.31. The van der Waals surface area contributed by atoms with Gasteiger partial charge in [-0.25, -0.2) is 0 Å². The van der Waals surface area contributed by atoms with Gasteiger partial charge in [-0.05, 0) is 37.5 Å². The summed E-state index contributed by atoms with van der Waals surface area (Å²) >= 11 is 8.14. The van der Waals surface area contributed by atoms with Gasteiger partial charge in [0.2, 0.25) is 0 Å². The van der Waals surface area contributed by atoms with Crippen molar-refractivity contribution in [2.75, 3.05) is 24.5 Å². The van der Waals surface area contributed by atoms with Crippen LogP contribution in [0.4, 0.5) is 5.00 Å². The number of amides is 1. The minimum atomic E-state index is -0.873. The molecule has 3 rings (SSSR count). The molecule has 1 aromatic rings. The van der Waals surface area contributed by atoms with E-state index in [2.05, 4.69) is 4.90 Å². The third kappa shape index (κ3) is 4.64. The van der Waals surface area contributed by atoms with Crippen LogP contribution in [-0.4, -0.2) is 57.0 Å². The molecule has 2 saturated heterocycles. The second kappa shape index (κ2) is 8.51. The summed E-state index contributed by atoms with van der Waals surface area (Å²) in [4.78, 5) is 28.4. The number of hydrogen-bond donors (Lipinski definition) is 2. The van der Waals surface area contributed by atoms with Gasteiger partial charge in [0.15, 0.2) is 0 Å². The van der Waals surface area contributed by atoms with Gasteiger partial charge in [-0.1, -0.05) is 24.0 Å². The zero-order chi connectivity index (χ0) is 18.7. The molecule has 0 spiro atoms. The van der Waals surface area contributed by atoms with Crippen molar-refractivity contribution in [2.45, 2.75) is 31.8 Å². The van der Waals surface area contributed by atoms with Crippen LogP contribution in [0.15, 0.2) is 17.0 Å². The second-order valence-corrected chi connectivity index (χ2v) is 8.99. The number of carboxylic acid groups (broad SMARTS) is 1. The fourth-order valence-electron chi connectivity index (χ4n) is 2.89. The summed E-state index contributed by atoms with van der Waals surface area (Å²) in [5.74, 6) is -1.02. The Balaban J connectivity index is 1.64. The van der Waals surface area contributed by atoms with Crippen LogP contribution in [0.5, 0.6) is 0 Å². The fourth-order valence-corrected chi connectivity index (χ4v) is 5.26. The minimum absolute atomic E-state index is 0.0227. The molecule has 9 heteroatoms. The first kappa shape index (κ1) is 19.3. The monoisotopic (exact) mass is 412 g/mol. The predicted molar refractivity (Wildman–Crippen MR) is 109 cm³/mol. The Labute approximate surface area is 165 Å². The zero-order valence-corrected chi connectivity index (χ0v) is 16.5. The van der Waals surface area contributed by atoms with Gasteiger partial charge < -0.3 is 15.1 Å². The van der Waals surface area contributed by atoms with E-state index in [1.54, 1.807) is 11.3 Å². The molecule has 2 aliphatic rings. The highest BCUT2D eigenvalue weighted by atomic mass is 32.2. The predicted octanol–water partition coefficient (Wildman–Crippen LogP) is 2.78. The summed E-state index contributed by atoms with van der Waals surface area (Å²) in [6.45, 7) is 2.01. The number of aliphatic hydroxyl groups is 1. The van der Waals surface area contributed by atoms with Gasteiger partial charge in [-0.2, -0.15) is 0 Å². The van der Waals surface area contributed by atoms with Crippen LogP contribution in [0, 0.1) is 0 Å². The first-order valence-corrected chi connectivity index (χ1v) is 10.5. The molecule has 2 N–H and O–H groups in total. The normalized spacial score (nSPS) is 20.4. The molecule has 0 saturated carbocycles. The van der Waals surface area contributed by atoms with Crippen molar-refractivity contribution in [3.63, 3.8) is 0 Å². The molecule has 0 aliphatic carbocycles. The van der Waals surface area contributed by atoms with Crippen LogP contribution in [0.3, 0.4) is 0 Å². The first-order valence-electron chi connectivity index (χ1n) is 8.44.